The average Bonchev–Trinajstić information content (AvgIpc) is 2.59. The lowest BCUT2D eigenvalue weighted by atomic mass is 10.1. The van der Waals surface area contributed by atoms with Gasteiger partial charge in [-0.2, -0.15) is 0 Å². The standard InChI is InChI=1S/C18H15BrClN3O3S/c1-11-15(10-12-4-2-3-5-16(12)20)17(24)22-18(21-11)23-27(25,26)14-8-6-13(19)7-9-14/h2-9H,10H2,1H3,(H2,21,22,23,24). The number of nitrogens with one attached hydrogen (secondary N) is 2. The van der Waals surface area contributed by atoms with E-state index in [9.17, 15) is 13.2 Å². The lowest BCUT2D eigenvalue weighted by molar-refractivity contribution is 0.600. The normalized spacial score (nSPS) is 11.4. The molecule has 0 radical (unpaired) electrons. The summed E-state index contributed by atoms with van der Waals surface area (Å²) < 4.78 is 28.0. The van der Waals surface area contributed by atoms with Crippen molar-refractivity contribution in [1.82, 2.24) is 9.97 Å². The van der Waals surface area contributed by atoms with Crippen LogP contribution in [0.25, 0.3) is 0 Å². The molecule has 0 aliphatic rings. The van der Waals surface area contributed by atoms with E-state index in [-0.39, 0.29) is 10.8 Å². The van der Waals surface area contributed by atoms with Crippen LogP contribution in [-0.2, 0) is 16.4 Å². The van der Waals surface area contributed by atoms with E-state index >= 15 is 0 Å². The molecule has 0 fully saturated rings. The summed E-state index contributed by atoms with van der Waals surface area (Å²) in [5, 5.41) is 0.552. The number of benzene rings is 2. The number of aromatic amines is 1. The van der Waals surface area contributed by atoms with Crippen molar-refractivity contribution < 1.29 is 8.42 Å². The first-order valence-corrected chi connectivity index (χ1v) is 10.5. The van der Waals surface area contributed by atoms with Crippen molar-refractivity contribution in [1.29, 1.82) is 0 Å². The lowest BCUT2D eigenvalue weighted by Crippen LogP contribution is -2.22. The molecule has 0 aliphatic heterocycles. The highest BCUT2D eigenvalue weighted by atomic mass is 79.9. The molecular weight excluding hydrogens is 454 g/mol. The van der Waals surface area contributed by atoms with E-state index in [0.717, 1.165) is 10.0 Å². The third-order valence-corrected chi connectivity index (χ3v) is 6.15. The van der Waals surface area contributed by atoms with Gasteiger partial charge in [-0.25, -0.2) is 18.1 Å². The van der Waals surface area contributed by atoms with E-state index in [1.165, 1.54) is 12.1 Å². The molecule has 1 aromatic heterocycles. The van der Waals surface area contributed by atoms with Crippen LogP contribution >= 0.6 is 27.5 Å². The molecule has 0 saturated carbocycles. The third kappa shape index (κ3) is 4.58. The van der Waals surface area contributed by atoms with Gasteiger partial charge in [-0.1, -0.05) is 45.7 Å². The maximum absolute atomic E-state index is 12.5. The van der Waals surface area contributed by atoms with Crippen LogP contribution in [-0.4, -0.2) is 18.4 Å². The Balaban J connectivity index is 1.90. The molecule has 140 valence electrons. The summed E-state index contributed by atoms with van der Waals surface area (Å²) in [7, 11) is -3.87. The highest BCUT2D eigenvalue weighted by Gasteiger charge is 2.17. The van der Waals surface area contributed by atoms with Crippen LogP contribution < -0.4 is 10.3 Å². The van der Waals surface area contributed by atoms with Crippen LogP contribution in [0.3, 0.4) is 0 Å². The highest BCUT2D eigenvalue weighted by molar-refractivity contribution is 9.10. The Morgan fingerprint density at radius 1 is 1.15 bits per heavy atom. The summed E-state index contributed by atoms with van der Waals surface area (Å²) in [5.41, 5.74) is 1.22. The van der Waals surface area contributed by atoms with Gasteiger partial charge in [0.1, 0.15) is 0 Å². The fourth-order valence-corrected chi connectivity index (χ4v) is 3.93. The summed E-state index contributed by atoms with van der Waals surface area (Å²) >= 11 is 9.40. The minimum absolute atomic E-state index is 0.0612. The fourth-order valence-electron chi connectivity index (χ4n) is 2.50. The Hall–Kier alpha value is -2.16. The smallest absolute Gasteiger partial charge is 0.264 e. The molecule has 2 N–H and O–H groups in total. The second kappa shape index (κ2) is 7.84. The second-order valence-corrected chi connectivity index (χ2v) is 8.81. The number of sulfonamides is 1. The van der Waals surface area contributed by atoms with Gasteiger partial charge in [0.2, 0.25) is 5.95 Å². The molecular formula is C18H15BrClN3O3S. The van der Waals surface area contributed by atoms with Crippen molar-refractivity contribution in [2.75, 3.05) is 4.72 Å². The zero-order valence-electron chi connectivity index (χ0n) is 14.2. The van der Waals surface area contributed by atoms with Gasteiger partial charge >= 0.3 is 0 Å². The number of anilines is 1. The molecule has 0 spiro atoms. The molecule has 6 nitrogen and oxygen atoms in total. The summed E-state index contributed by atoms with van der Waals surface area (Å²) in [6, 6.07) is 13.3. The Morgan fingerprint density at radius 2 is 1.81 bits per heavy atom. The summed E-state index contributed by atoms with van der Waals surface area (Å²) in [6.07, 6.45) is 0.299. The molecule has 3 rings (SSSR count). The van der Waals surface area contributed by atoms with E-state index in [1.807, 2.05) is 12.1 Å². The van der Waals surface area contributed by atoms with Crippen LogP contribution in [0.2, 0.25) is 5.02 Å². The molecule has 0 aliphatic carbocycles. The van der Waals surface area contributed by atoms with Gasteiger partial charge in [0.25, 0.3) is 15.6 Å². The number of halogens is 2. The molecule has 27 heavy (non-hydrogen) atoms. The van der Waals surface area contributed by atoms with Gasteiger partial charge in [0, 0.05) is 21.5 Å². The second-order valence-electron chi connectivity index (χ2n) is 5.81. The number of hydrogen-bond acceptors (Lipinski definition) is 4. The number of rotatable bonds is 5. The minimum Gasteiger partial charge on any atom is -0.292 e. The molecule has 0 bridgehead atoms. The van der Waals surface area contributed by atoms with Gasteiger partial charge in [0.05, 0.1) is 10.6 Å². The summed E-state index contributed by atoms with van der Waals surface area (Å²) in [4.78, 5) is 19.2. The first kappa shape index (κ1) is 19.6. The Morgan fingerprint density at radius 3 is 2.44 bits per heavy atom. The Labute approximate surface area is 169 Å². The van der Waals surface area contributed by atoms with Crippen molar-refractivity contribution in [3.8, 4) is 0 Å². The first-order valence-electron chi connectivity index (χ1n) is 7.88. The van der Waals surface area contributed by atoms with Crippen LogP contribution in [0.4, 0.5) is 5.95 Å². The van der Waals surface area contributed by atoms with Crippen molar-refractivity contribution in [2.45, 2.75) is 18.2 Å². The molecule has 0 unspecified atom stereocenters. The zero-order valence-corrected chi connectivity index (χ0v) is 17.3. The van der Waals surface area contributed by atoms with E-state index in [4.69, 9.17) is 11.6 Å². The topological polar surface area (TPSA) is 91.9 Å². The van der Waals surface area contributed by atoms with Crippen molar-refractivity contribution in [2.24, 2.45) is 0 Å². The number of aryl methyl sites for hydroxylation is 1. The Kier molecular flexibility index (Phi) is 5.69. The number of H-pyrrole nitrogens is 1. The maximum atomic E-state index is 12.5. The quantitative estimate of drug-likeness (QED) is 0.594. The van der Waals surface area contributed by atoms with Gasteiger partial charge in [-0.3, -0.25) is 9.78 Å². The molecule has 3 aromatic rings. The van der Waals surface area contributed by atoms with Crippen LogP contribution in [0.5, 0.6) is 0 Å². The van der Waals surface area contributed by atoms with Gasteiger partial charge in [-0.05, 0) is 42.8 Å². The molecule has 0 amide bonds. The predicted octanol–water partition coefficient (Wildman–Crippen LogP) is 3.89. The predicted molar refractivity (Wildman–Crippen MR) is 109 cm³/mol. The SMILES string of the molecule is Cc1nc(NS(=O)(=O)c2ccc(Br)cc2)[nH]c(=O)c1Cc1ccccc1Cl. The van der Waals surface area contributed by atoms with E-state index in [1.54, 1.807) is 31.2 Å². The number of hydrogen-bond donors (Lipinski definition) is 2. The summed E-state index contributed by atoms with van der Waals surface area (Å²) in [6.45, 7) is 1.65. The van der Waals surface area contributed by atoms with E-state index in [0.29, 0.717) is 22.7 Å². The molecule has 9 heteroatoms. The first-order chi connectivity index (χ1) is 12.8. The highest BCUT2D eigenvalue weighted by Crippen LogP contribution is 2.20. The van der Waals surface area contributed by atoms with E-state index < -0.39 is 15.6 Å². The lowest BCUT2D eigenvalue weighted by Gasteiger charge is -2.10. The largest absolute Gasteiger partial charge is 0.292 e. The number of nitrogens with zero attached hydrogens (tertiary/aromatic N) is 1. The van der Waals surface area contributed by atoms with E-state index in [2.05, 4.69) is 30.6 Å². The molecule has 1 heterocycles. The van der Waals surface area contributed by atoms with Crippen LogP contribution in [0, 0.1) is 6.92 Å². The van der Waals surface area contributed by atoms with Gasteiger partial charge < -0.3 is 0 Å². The minimum atomic E-state index is -3.87. The fraction of sp³-hybridized carbons (Fsp3) is 0.111. The monoisotopic (exact) mass is 467 g/mol. The average molecular weight is 469 g/mol. The summed E-state index contributed by atoms with van der Waals surface area (Å²) in [5.74, 6) is -0.136. The Bertz CT molecular complexity index is 1150. The number of aromatic nitrogens is 2. The third-order valence-electron chi connectivity index (χ3n) is 3.90. The molecule has 2 aromatic carbocycles. The van der Waals surface area contributed by atoms with Crippen molar-refractivity contribution in [3.63, 3.8) is 0 Å². The van der Waals surface area contributed by atoms with Gasteiger partial charge in [-0.15, -0.1) is 0 Å². The maximum Gasteiger partial charge on any atom is 0.264 e. The van der Waals surface area contributed by atoms with Crippen LogP contribution in [0.15, 0.2) is 62.7 Å². The van der Waals surface area contributed by atoms with Gasteiger partial charge in [0.15, 0.2) is 0 Å². The molecule has 0 saturated heterocycles. The molecule has 0 atom stereocenters. The van der Waals surface area contributed by atoms with Crippen LogP contribution in [0.1, 0.15) is 16.8 Å². The van der Waals surface area contributed by atoms with Crippen molar-refractivity contribution >= 4 is 43.5 Å². The van der Waals surface area contributed by atoms with Crippen molar-refractivity contribution in [3.05, 3.63) is 85.2 Å². The zero-order chi connectivity index (χ0) is 19.6.